The lowest BCUT2D eigenvalue weighted by molar-refractivity contribution is 0.0906. The molecule has 3 heterocycles. The molecule has 0 radical (unpaired) electrons. The molecule has 35 heavy (non-hydrogen) atoms. The van der Waals surface area contributed by atoms with Gasteiger partial charge in [0.25, 0.3) is 0 Å². The monoisotopic (exact) mass is 482 g/mol. The maximum Gasteiger partial charge on any atom is 0.173 e. The molecule has 0 spiro atoms. The average molecular weight is 483 g/mol. The number of ether oxygens (including phenoxy) is 3. The first-order chi connectivity index (χ1) is 17.2. The van der Waals surface area contributed by atoms with Crippen molar-refractivity contribution in [1.82, 2.24) is 25.1 Å². The number of benzene rings is 2. The molecule has 0 saturated carbocycles. The van der Waals surface area contributed by atoms with E-state index >= 15 is 0 Å². The van der Waals surface area contributed by atoms with Crippen LogP contribution in [0.3, 0.4) is 0 Å². The molecule has 0 aliphatic carbocycles. The van der Waals surface area contributed by atoms with Crippen LogP contribution in [0.1, 0.15) is 30.3 Å². The van der Waals surface area contributed by atoms with Gasteiger partial charge in [0.15, 0.2) is 17.3 Å². The molecule has 0 N–H and O–H groups in total. The molecule has 1 aromatic heterocycles. The molecule has 186 valence electrons. The smallest absolute Gasteiger partial charge is 0.173 e. The fourth-order valence-electron chi connectivity index (χ4n) is 4.95. The molecule has 2 fully saturated rings. The van der Waals surface area contributed by atoms with Gasteiger partial charge in [0.05, 0.1) is 32.9 Å². The average Bonchev–Trinajstić information content (AvgIpc) is 3.58. The summed E-state index contributed by atoms with van der Waals surface area (Å²) in [5.41, 5.74) is 2.05. The zero-order valence-corrected chi connectivity index (χ0v) is 20.1. The van der Waals surface area contributed by atoms with E-state index in [2.05, 4.69) is 25.3 Å². The zero-order chi connectivity index (χ0) is 24.2. The third-order valence-electron chi connectivity index (χ3n) is 6.80. The van der Waals surface area contributed by atoms with E-state index in [9.17, 15) is 4.39 Å². The van der Waals surface area contributed by atoms with Crippen molar-refractivity contribution in [1.29, 1.82) is 0 Å². The molecule has 2 atom stereocenters. The fraction of sp³-hybridized carbons (Fsp3) is 0.480. The second-order valence-electron chi connectivity index (χ2n) is 8.87. The minimum Gasteiger partial charge on any atom is -0.493 e. The number of hydrogen-bond donors (Lipinski definition) is 0. The predicted octanol–water partition coefficient (Wildman–Crippen LogP) is 2.92. The lowest BCUT2D eigenvalue weighted by atomic mass is 10.0. The van der Waals surface area contributed by atoms with Crippen molar-refractivity contribution in [3.8, 4) is 11.5 Å². The van der Waals surface area contributed by atoms with Crippen molar-refractivity contribution in [2.24, 2.45) is 0 Å². The number of methoxy groups -OCH3 is 2. The van der Waals surface area contributed by atoms with Gasteiger partial charge < -0.3 is 19.1 Å². The van der Waals surface area contributed by atoms with E-state index < -0.39 is 0 Å². The van der Waals surface area contributed by atoms with Crippen molar-refractivity contribution in [2.75, 3.05) is 51.9 Å². The van der Waals surface area contributed by atoms with Gasteiger partial charge in [-0.15, -0.1) is 5.10 Å². The highest BCUT2D eigenvalue weighted by Gasteiger charge is 2.32. The van der Waals surface area contributed by atoms with Crippen LogP contribution in [0.25, 0.3) is 0 Å². The Bertz CT molecular complexity index is 1110. The Morgan fingerprint density at radius 1 is 1.03 bits per heavy atom. The van der Waals surface area contributed by atoms with E-state index in [4.69, 9.17) is 14.2 Å². The van der Waals surface area contributed by atoms with Crippen LogP contribution in [-0.4, -0.2) is 78.2 Å². The molecule has 9 nitrogen and oxygen atoms in total. The second kappa shape index (κ2) is 10.6. The van der Waals surface area contributed by atoms with E-state index in [0.717, 1.165) is 62.7 Å². The van der Waals surface area contributed by atoms with Gasteiger partial charge in [0, 0.05) is 38.5 Å². The largest absolute Gasteiger partial charge is 0.493 e. The predicted molar refractivity (Wildman–Crippen MR) is 128 cm³/mol. The molecule has 2 aromatic carbocycles. The number of piperazine rings is 1. The Balaban J connectivity index is 1.43. The van der Waals surface area contributed by atoms with Gasteiger partial charge >= 0.3 is 0 Å². The summed E-state index contributed by atoms with van der Waals surface area (Å²) in [7, 11) is 3.27. The molecule has 0 unspecified atom stereocenters. The SMILES string of the molecule is COc1ccc([C@@H](c2nnnn2C[C@H]2CCCO2)N2CCN(c3ccc(F)cc3)CC2)cc1OC. The second-order valence-corrected chi connectivity index (χ2v) is 8.87. The maximum absolute atomic E-state index is 13.4. The molecule has 2 aliphatic heterocycles. The van der Waals surface area contributed by atoms with Crippen molar-refractivity contribution in [2.45, 2.75) is 31.5 Å². The summed E-state index contributed by atoms with van der Waals surface area (Å²) in [4.78, 5) is 4.66. The Morgan fingerprint density at radius 3 is 2.49 bits per heavy atom. The van der Waals surface area contributed by atoms with E-state index in [0.29, 0.717) is 18.0 Å². The number of aromatic nitrogens is 4. The van der Waals surface area contributed by atoms with Crippen LogP contribution in [0.4, 0.5) is 10.1 Å². The van der Waals surface area contributed by atoms with Crippen molar-refractivity contribution in [3.63, 3.8) is 0 Å². The third kappa shape index (κ3) is 5.08. The lowest BCUT2D eigenvalue weighted by Crippen LogP contribution is -2.48. The number of rotatable bonds is 8. The maximum atomic E-state index is 13.4. The van der Waals surface area contributed by atoms with Crippen LogP contribution in [-0.2, 0) is 11.3 Å². The van der Waals surface area contributed by atoms with Crippen molar-refractivity contribution in [3.05, 3.63) is 59.7 Å². The van der Waals surface area contributed by atoms with E-state index in [1.54, 1.807) is 14.2 Å². The summed E-state index contributed by atoms with van der Waals surface area (Å²) in [6, 6.07) is 12.5. The highest BCUT2D eigenvalue weighted by Crippen LogP contribution is 2.35. The minimum absolute atomic E-state index is 0.124. The first kappa shape index (κ1) is 23.5. The van der Waals surface area contributed by atoms with Crippen molar-refractivity contribution >= 4 is 5.69 Å². The van der Waals surface area contributed by atoms with E-state index in [1.807, 2.05) is 35.0 Å². The van der Waals surface area contributed by atoms with Gasteiger partial charge in [-0.05, 0) is 65.2 Å². The van der Waals surface area contributed by atoms with Crippen LogP contribution in [0.5, 0.6) is 11.5 Å². The van der Waals surface area contributed by atoms with Gasteiger partial charge in [0.1, 0.15) is 5.82 Å². The summed E-state index contributed by atoms with van der Waals surface area (Å²) >= 11 is 0. The van der Waals surface area contributed by atoms with Crippen molar-refractivity contribution < 1.29 is 18.6 Å². The Hall–Kier alpha value is -3.24. The molecule has 2 saturated heterocycles. The van der Waals surface area contributed by atoms with Gasteiger partial charge in [-0.3, -0.25) is 4.90 Å². The lowest BCUT2D eigenvalue weighted by Gasteiger charge is -2.40. The first-order valence-corrected chi connectivity index (χ1v) is 12.0. The summed E-state index contributed by atoms with van der Waals surface area (Å²) in [6.45, 7) is 4.62. The molecular weight excluding hydrogens is 451 g/mol. The summed E-state index contributed by atoms with van der Waals surface area (Å²) in [5, 5.41) is 12.8. The highest BCUT2D eigenvalue weighted by atomic mass is 19.1. The zero-order valence-electron chi connectivity index (χ0n) is 20.1. The topological polar surface area (TPSA) is 77.8 Å². The molecule has 2 aliphatic rings. The van der Waals surface area contributed by atoms with Crippen LogP contribution in [0.15, 0.2) is 42.5 Å². The van der Waals surface area contributed by atoms with Crippen LogP contribution in [0, 0.1) is 5.82 Å². The number of nitrogens with zero attached hydrogens (tertiary/aromatic N) is 6. The third-order valence-corrected chi connectivity index (χ3v) is 6.80. The molecule has 0 amide bonds. The summed E-state index contributed by atoms with van der Waals surface area (Å²) in [5.74, 6) is 1.90. The summed E-state index contributed by atoms with van der Waals surface area (Å²) in [6.07, 6.45) is 2.20. The number of halogens is 1. The molecule has 0 bridgehead atoms. The quantitative estimate of drug-likeness (QED) is 0.485. The first-order valence-electron chi connectivity index (χ1n) is 12.0. The Labute approximate surface area is 204 Å². The Morgan fingerprint density at radius 2 is 1.80 bits per heavy atom. The van der Waals surface area contributed by atoms with Crippen LogP contribution >= 0.6 is 0 Å². The standard InChI is InChI=1S/C25H31FN6O3/c1-33-22-10-5-18(16-23(22)34-2)24(25-27-28-29-32(25)17-21-4-3-15-35-21)31-13-11-30(12-14-31)20-8-6-19(26)7-9-20/h5-10,16,21,24H,3-4,11-15,17H2,1-2H3/t21-,24+/m1/s1. The minimum atomic E-state index is -0.223. The molecular formula is C25H31FN6O3. The number of hydrogen-bond acceptors (Lipinski definition) is 8. The Kier molecular flexibility index (Phi) is 7.10. The number of anilines is 1. The number of tetrazole rings is 1. The fourth-order valence-corrected chi connectivity index (χ4v) is 4.95. The van der Waals surface area contributed by atoms with Gasteiger partial charge in [-0.1, -0.05) is 6.07 Å². The molecule has 5 rings (SSSR count). The highest BCUT2D eigenvalue weighted by molar-refractivity contribution is 5.47. The van der Waals surface area contributed by atoms with Gasteiger partial charge in [0.2, 0.25) is 0 Å². The van der Waals surface area contributed by atoms with E-state index in [-0.39, 0.29) is 18.0 Å². The molecule has 10 heteroatoms. The normalized spacial score (nSPS) is 19.6. The van der Waals surface area contributed by atoms with Crippen LogP contribution in [0.2, 0.25) is 0 Å². The van der Waals surface area contributed by atoms with Gasteiger partial charge in [-0.25, -0.2) is 9.07 Å². The van der Waals surface area contributed by atoms with Gasteiger partial charge in [-0.2, -0.15) is 0 Å². The van der Waals surface area contributed by atoms with E-state index in [1.165, 1.54) is 12.1 Å². The van der Waals surface area contributed by atoms with Crippen LogP contribution < -0.4 is 14.4 Å². The molecule has 3 aromatic rings. The summed E-state index contributed by atoms with van der Waals surface area (Å²) < 4.78 is 32.2.